The lowest BCUT2D eigenvalue weighted by molar-refractivity contribution is 0.667. The van der Waals surface area contributed by atoms with E-state index in [9.17, 15) is 0 Å². The van der Waals surface area contributed by atoms with Crippen LogP contribution in [0.4, 0.5) is 0 Å². The van der Waals surface area contributed by atoms with Gasteiger partial charge in [0.15, 0.2) is 0 Å². The molecule has 0 heteroatoms. The van der Waals surface area contributed by atoms with Crippen LogP contribution in [0.5, 0.6) is 0 Å². The van der Waals surface area contributed by atoms with Gasteiger partial charge in [-0.15, -0.1) is 0 Å². The fourth-order valence-electron chi connectivity index (χ4n) is 3.48. The average Bonchev–Trinajstić information content (AvgIpc) is 2.72. The van der Waals surface area contributed by atoms with Crippen molar-refractivity contribution in [2.75, 3.05) is 0 Å². The van der Waals surface area contributed by atoms with Crippen molar-refractivity contribution >= 4 is 5.57 Å². The minimum absolute atomic E-state index is 1.05. The summed E-state index contributed by atoms with van der Waals surface area (Å²) in [5, 5.41) is 0. The fourth-order valence-corrected chi connectivity index (χ4v) is 3.48. The maximum atomic E-state index is 6.13. The van der Waals surface area contributed by atoms with E-state index >= 15 is 0 Å². The normalized spacial score (nSPS) is 13.7. The van der Waals surface area contributed by atoms with Gasteiger partial charge in [0.1, 0.15) is 6.08 Å². The third kappa shape index (κ3) is 4.06. The molecule has 2 aromatic carbocycles. The van der Waals surface area contributed by atoms with Gasteiger partial charge in [-0.25, -0.2) is 0 Å². The Labute approximate surface area is 158 Å². The SMILES string of the molecule is [CH+]=CC1=C(CCCCCC)C=C=C(c2ccccc2)[C-]1c1ccccc1. The van der Waals surface area contributed by atoms with Crippen LogP contribution in [0.15, 0.2) is 89.7 Å². The standard InChI is InChI=1S/C26H26/c1-3-5-6-9-16-22-19-20-25(21-14-10-7-11-15-21)26(24(22)4-2)23-17-12-8-13-18-23/h2,4,7-8,10-15,17-19H,3,5-6,9,16H2,1H3. The van der Waals surface area contributed by atoms with E-state index in [1.807, 2.05) is 6.07 Å². The quantitative estimate of drug-likeness (QED) is 0.273. The molecule has 0 N–H and O–H groups in total. The molecule has 0 atom stereocenters. The first-order valence-corrected chi connectivity index (χ1v) is 9.58. The Bertz CT molecular complexity index is 815. The van der Waals surface area contributed by atoms with Crippen molar-refractivity contribution in [2.45, 2.75) is 39.0 Å². The Kier molecular flexibility index (Phi) is 6.29. The van der Waals surface area contributed by atoms with Crippen molar-refractivity contribution < 1.29 is 0 Å². The minimum Gasteiger partial charge on any atom is -0.183 e. The van der Waals surface area contributed by atoms with Gasteiger partial charge < -0.3 is 0 Å². The van der Waals surface area contributed by atoms with Gasteiger partial charge in [0.2, 0.25) is 0 Å². The van der Waals surface area contributed by atoms with Crippen molar-refractivity contribution in [1.82, 2.24) is 0 Å². The molecule has 2 aromatic rings. The van der Waals surface area contributed by atoms with Gasteiger partial charge in [0, 0.05) is 18.1 Å². The molecule has 130 valence electrons. The Balaban J connectivity index is 2.02. The molecule has 0 amide bonds. The number of unbranched alkanes of at least 4 members (excludes halogenated alkanes) is 3. The van der Waals surface area contributed by atoms with E-state index in [0.29, 0.717) is 0 Å². The molecule has 0 heterocycles. The highest BCUT2D eigenvalue weighted by atomic mass is 14.3. The predicted molar refractivity (Wildman–Crippen MR) is 111 cm³/mol. The lowest BCUT2D eigenvalue weighted by Crippen LogP contribution is -2.10. The number of allylic oxidation sites excluding steroid dienone is 4. The van der Waals surface area contributed by atoms with E-state index in [-0.39, 0.29) is 0 Å². The van der Waals surface area contributed by atoms with Gasteiger partial charge in [-0.3, -0.25) is 0 Å². The van der Waals surface area contributed by atoms with Crippen molar-refractivity contribution in [3.63, 3.8) is 0 Å². The second-order valence-corrected chi connectivity index (χ2v) is 6.69. The van der Waals surface area contributed by atoms with E-state index in [4.69, 9.17) is 6.58 Å². The molecule has 0 saturated carbocycles. The highest BCUT2D eigenvalue weighted by Gasteiger charge is 2.25. The lowest BCUT2D eigenvalue weighted by Gasteiger charge is -2.26. The minimum atomic E-state index is 1.05. The summed E-state index contributed by atoms with van der Waals surface area (Å²) in [6, 6.07) is 21.0. The summed E-state index contributed by atoms with van der Waals surface area (Å²) >= 11 is 0. The van der Waals surface area contributed by atoms with Gasteiger partial charge in [0.05, 0.1) is 5.57 Å². The van der Waals surface area contributed by atoms with Crippen LogP contribution in [0.2, 0.25) is 0 Å². The van der Waals surface area contributed by atoms with Gasteiger partial charge >= 0.3 is 0 Å². The molecule has 0 unspecified atom stereocenters. The molecule has 0 aromatic heterocycles. The monoisotopic (exact) mass is 338 g/mol. The molecule has 0 aliphatic heterocycles. The Morgan fingerprint density at radius 3 is 2.27 bits per heavy atom. The molecular formula is C26H26. The van der Waals surface area contributed by atoms with E-state index in [1.165, 1.54) is 48.3 Å². The third-order valence-electron chi connectivity index (χ3n) is 4.85. The summed E-state index contributed by atoms with van der Waals surface area (Å²) in [6.07, 6.45) is 9.97. The van der Waals surface area contributed by atoms with E-state index < -0.39 is 0 Å². The van der Waals surface area contributed by atoms with Crippen LogP contribution in [0.25, 0.3) is 5.57 Å². The van der Waals surface area contributed by atoms with E-state index in [2.05, 4.69) is 73.3 Å². The first kappa shape index (κ1) is 18.0. The van der Waals surface area contributed by atoms with Gasteiger partial charge in [0.25, 0.3) is 0 Å². The van der Waals surface area contributed by atoms with Crippen LogP contribution in [0, 0.1) is 12.5 Å². The molecule has 0 saturated heterocycles. The maximum absolute atomic E-state index is 6.13. The first-order valence-electron chi connectivity index (χ1n) is 9.58. The summed E-state index contributed by atoms with van der Waals surface area (Å²) in [6.45, 7) is 8.37. The van der Waals surface area contributed by atoms with E-state index in [1.54, 1.807) is 6.08 Å². The van der Waals surface area contributed by atoms with E-state index in [0.717, 1.165) is 17.6 Å². The van der Waals surface area contributed by atoms with Crippen LogP contribution < -0.4 is 0 Å². The van der Waals surface area contributed by atoms with Gasteiger partial charge in [-0.2, -0.15) is 5.73 Å². The second kappa shape index (κ2) is 9.07. The topological polar surface area (TPSA) is 0 Å². The van der Waals surface area contributed by atoms with Gasteiger partial charge in [-0.1, -0.05) is 104 Å². The van der Waals surface area contributed by atoms with Crippen molar-refractivity contribution in [1.29, 1.82) is 0 Å². The highest BCUT2D eigenvalue weighted by molar-refractivity contribution is 5.88. The zero-order chi connectivity index (χ0) is 18.2. The zero-order valence-electron chi connectivity index (χ0n) is 15.5. The van der Waals surface area contributed by atoms with Gasteiger partial charge in [-0.05, 0) is 18.1 Å². The first-order chi connectivity index (χ1) is 12.8. The van der Waals surface area contributed by atoms with Crippen LogP contribution in [0.1, 0.15) is 50.2 Å². The largest absolute Gasteiger partial charge is 0.183 e. The molecule has 0 fully saturated rings. The van der Waals surface area contributed by atoms with Crippen LogP contribution in [-0.2, 0) is 0 Å². The molecule has 0 nitrogen and oxygen atoms in total. The summed E-state index contributed by atoms with van der Waals surface area (Å²) in [5.41, 5.74) is 9.48. The van der Waals surface area contributed by atoms with Crippen LogP contribution >= 0.6 is 0 Å². The Hall–Kier alpha value is -2.78. The third-order valence-corrected chi connectivity index (χ3v) is 4.85. The fraction of sp³-hybridized carbons (Fsp3) is 0.231. The molecule has 1 aliphatic carbocycles. The highest BCUT2D eigenvalue weighted by Crippen LogP contribution is 2.41. The summed E-state index contributed by atoms with van der Waals surface area (Å²) in [5.74, 6) is 1.19. The molecular weight excluding hydrogens is 312 g/mol. The molecule has 26 heavy (non-hydrogen) atoms. The van der Waals surface area contributed by atoms with Crippen molar-refractivity contribution in [3.8, 4) is 0 Å². The number of rotatable bonds is 8. The molecule has 0 spiro atoms. The Morgan fingerprint density at radius 1 is 0.923 bits per heavy atom. The molecule has 3 rings (SSSR count). The number of hydrogen-bond donors (Lipinski definition) is 0. The second-order valence-electron chi connectivity index (χ2n) is 6.69. The summed E-state index contributed by atoms with van der Waals surface area (Å²) < 4.78 is 0. The van der Waals surface area contributed by atoms with Crippen molar-refractivity contribution in [3.05, 3.63) is 113 Å². The predicted octanol–water partition coefficient (Wildman–Crippen LogP) is 7.12. The number of benzene rings is 2. The Morgan fingerprint density at radius 2 is 1.62 bits per heavy atom. The molecule has 1 aliphatic rings. The average molecular weight is 338 g/mol. The van der Waals surface area contributed by atoms with Crippen LogP contribution in [0.3, 0.4) is 0 Å². The smallest absolute Gasteiger partial charge is 0.115 e. The lowest BCUT2D eigenvalue weighted by atomic mass is 9.77. The summed E-state index contributed by atoms with van der Waals surface area (Å²) in [7, 11) is 0. The zero-order valence-corrected chi connectivity index (χ0v) is 15.5. The molecule has 0 radical (unpaired) electrons. The summed E-state index contributed by atoms with van der Waals surface area (Å²) in [4.78, 5) is 0. The van der Waals surface area contributed by atoms with Crippen molar-refractivity contribution in [2.24, 2.45) is 0 Å². The number of hydrogen-bond acceptors (Lipinski definition) is 0. The molecule has 0 bridgehead atoms. The maximum Gasteiger partial charge on any atom is 0.115 e. The van der Waals surface area contributed by atoms with Crippen LogP contribution in [-0.4, -0.2) is 0 Å².